The van der Waals surface area contributed by atoms with Gasteiger partial charge in [-0.05, 0) is 37.5 Å². The van der Waals surface area contributed by atoms with Gasteiger partial charge in [-0.25, -0.2) is 4.79 Å². The molecule has 0 aliphatic carbocycles. The van der Waals surface area contributed by atoms with E-state index >= 15 is 0 Å². The molecule has 2 unspecified atom stereocenters. The van der Waals surface area contributed by atoms with Crippen LogP contribution in [0.25, 0.3) is 0 Å². The summed E-state index contributed by atoms with van der Waals surface area (Å²) < 4.78 is 5.52. The summed E-state index contributed by atoms with van der Waals surface area (Å²) in [5, 5.41) is 12.6. The lowest BCUT2D eigenvalue weighted by Crippen LogP contribution is -2.49. The fourth-order valence-corrected chi connectivity index (χ4v) is 3.10. The summed E-state index contributed by atoms with van der Waals surface area (Å²) in [5.74, 6) is -1.14. The lowest BCUT2D eigenvalue weighted by atomic mass is 9.97. The second-order valence-corrected chi connectivity index (χ2v) is 6.48. The maximum absolute atomic E-state index is 12.4. The number of nitrogens with zero attached hydrogens (tertiary/aromatic N) is 1. The number of aliphatic carboxylic acids is 1. The van der Waals surface area contributed by atoms with E-state index in [2.05, 4.69) is 5.32 Å². The van der Waals surface area contributed by atoms with Crippen molar-refractivity contribution in [2.24, 2.45) is 5.92 Å². The molecule has 1 aromatic rings. The number of halogens is 1. The van der Waals surface area contributed by atoms with E-state index in [1.807, 2.05) is 19.1 Å². The summed E-state index contributed by atoms with van der Waals surface area (Å²) in [7, 11) is 1.60. The highest BCUT2D eigenvalue weighted by atomic mass is 35.5. The van der Waals surface area contributed by atoms with Crippen LogP contribution in [0.1, 0.15) is 31.4 Å². The third-order valence-electron chi connectivity index (χ3n) is 4.39. The van der Waals surface area contributed by atoms with E-state index in [9.17, 15) is 9.59 Å². The van der Waals surface area contributed by atoms with Crippen LogP contribution in [0, 0.1) is 5.92 Å². The van der Waals surface area contributed by atoms with Crippen molar-refractivity contribution in [3.63, 3.8) is 0 Å². The van der Waals surface area contributed by atoms with Crippen LogP contribution in [0.4, 0.5) is 4.79 Å². The van der Waals surface area contributed by atoms with E-state index in [1.165, 1.54) is 0 Å². The molecule has 2 atom stereocenters. The number of carboxylic acid groups (broad SMARTS) is 1. The SMILES string of the molecule is COC(c1ccc(Cl)cc1)C(C)NC(=O)N1CCC(C(=O)O)CC1. The number of urea groups is 1. The predicted octanol–water partition coefficient (Wildman–Crippen LogP) is 2.92. The first-order chi connectivity index (χ1) is 11.4. The molecule has 1 fully saturated rings. The number of carbonyl (C=O) groups excluding carboxylic acids is 1. The zero-order valence-electron chi connectivity index (χ0n) is 13.9. The van der Waals surface area contributed by atoms with E-state index in [0.717, 1.165) is 5.56 Å². The Hall–Kier alpha value is -1.79. The minimum Gasteiger partial charge on any atom is -0.481 e. The molecule has 2 N–H and O–H groups in total. The number of likely N-dealkylation sites (tertiary alicyclic amines) is 1. The maximum Gasteiger partial charge on any atom is 0.317 e. The molecule has 7 heteroatoms. The third kappa shape index (κ3) is 4.61. The molecular weight excluding hydrogens is 332 g/mol. The Morgan fingerprint density at radius 3 is 2.38 bits per heavy atom. The molecule has 132 valence electrons. The molecule has 2 rings (SSSR count). The largest absolute Gasteiger partial charge is 0.481 e. The van der Waals surface area contributed by atoms with E-state index in [1.54, 1.807) is 24.1 Å². The standard InChI is InChI=1S/C17H23ClN2O4/c1-11(15(24-2)12-3-5-14(18)6-4-12)19-17(23)20-9-7-13(8-10-20)16(21)22/h3-6,11,13,15H,7-10H2,1-2H3,(H,19,23)(H,21,22). The van der Waals surface area contributed by atoms with Crippen molar-refractivity contribution < 1.29 is 19.4 Å². The number of amides is 2. The molecule has 1 saturated heterocycles. The summed E-state index contributed by atoms with van der Waals surface area (Å²) in [4.78, 5) is 25.0. The smallest absolute Gasteiger partial charge is 0.317 e. The van der Waals surface area contributed by atoms with Crippen molar-refractivity contribution in [3.8, 4) is 0 Å². The number of hydrogen-bond donors (Lipinski definition) is 2. The van der Waals surface area contributed by atoms with E-state index in [0.29, 0.717) is 31.0 Å². The first kappa shape index (κ1) is 18.5. The highest BCUT2D eigenvalue weighted by Gasteiger charge is 2.29. The van der Waals surface area contributed by atoms with Gasteiger partial charge in [0.15, 0.2) is 0 Å². The van der Waals surface area contributed by atoms with Crippen molar-refractivity contribution in [1.82, 2.24) is 10.2 Å². The van der Waals surface area contributed by atoms with Crippen molar-refractivity contribution >= 4 is 23.6 Å². The van der Waals surface area contributed by atoms with Gasteiger partial charge in [-0.3, -0.25) is 4.79 Å². The van der Waals surface area contributed by atoms with Crippen molar-refractivity contribution in [2.45, 2.75) is 31.9 Å². The number of carboxylic acids is 1. The lowest BCUT2D eigenvalue weighted by molar-refractivity contribution is -0.143. The molecule has 6 nitrogen and oxygen atoms in total. The van der Waals surface area contributed by atoms with Gasteiger partial charge in [0, 0.05) is 25.2 Å². The minimum atomic E-state index is -0.786. The predicted molar refractivity (Wildman–Crippen MR) is 91.1 cm³/mol. The second kappa shape index (κ2) is 8.35. The van der Waals surface area contributed by atoms with Gasteiger partial charge in [0.25, 0.3) is 0 Å². The molecule has 0 saturated carbocycles. The maximum atomic E-state index is 12.4. The van der Waals surface area contributed by atoms with Crippen LogP contribution in [0.3, 0.4) is 0 Å². The van der Waals surface area contributed by atoms with Gasteiger partial charge in [0.05, 0.1) is 12.0 Å². The number of piperidine rings is 1. The second-order valence-electron chi connectivity index (χ2n) is 6.05. The number of nitrogens with one attached hydrogen (secondary N) is 1. The fraction of sp³-hybridized carbons (Fsp3) is 0.529. The number of rotatable bonds is 5. The van der Waals surface area contributed by atoms with E-state index in [4.69, 9.17) is 21.4 Å². The highest BCUT2D eigenvalue weighted by Crippen LogP contribution is 2.23. The van der Waals surface area contributed by atoms with Gasteiger partial charge in [-0.2, -0.15) is 0 Å². The molecule has 1 heterocycles. The Kier molecular flexibility index (Phi) is 6.45. The molecule has 0 radical (unpaired) electrons. The summed E-state index contributed by atoms with van der Waals surface area (Å²) in [5.41, 5.74) is 0.930. The van der Waals surface area contributed by atoms with Gasteiger partial charge in [0.2, 0.25) is 0 Å². The van der Waals surface area contributed by atoms with Crippen LogP contribution in [-0.2, 0) is 9.53 Å². The normalized spacial score (nSPS) is 18.0. The average Bonchev–Trinajstić information content (AvgIpc) is 2.57. The van der Waals surface area contributed by atoms with Crippen molar-refractivity contribution in [2.75, 3.05) is 20.2 Å². The van der Waals surface area contributed by atoms with Gasteiger partial charge in [-0.15, -0.1) is 0 Å². The van der Waals surface area contributed by atoms with Gasteiger partial charge < -0.3 is 20.1 Å². The van der Waals surface area contributed by atoms with Crippen molar-refractivity contribution in [1.29, 1.82) is 0 Å². The zero-order chi connectivity index (χ0) is 17.7. The molecule has 1 aliphatic rings. The topological polar surface area (TPSA) is 78.9 Å². The lowest BCUT2D eigenvalue weighted by Gasteiger charge is -2.32. The molecule has 1 aliphatic heterocycles. The molecule has 0 aromatic heterocycles. The zero-order valence-corrected chi connectivity index (χ0v) is 14.6. The minimum absolute atomic E-state index is 0.192. The number of methoxy groups -OCH3 is 1. The third-order valence-corrected chi connectivity index (χ3v) is 4.64. The number of ether oxygens (including phenoxy) is 1. The Labute approximate surface area is 146 Å². The van der Waals surface area contributed by atoms with Crippen LogP contribution in [0.15, 0.2) is 24.3 Å². The number of hydrogen-bond acceptors (Lipinski definition) is 3. The molecule has 2 amide bonds. The number of carbonyl (C=O) groups is 2. The van der Waals surface area contributed by atoms with Crippen LogP contribution >= 0.6 is 11.6 Å². The Balaban J connectivity index is 1.92. The summed E-state index contributed by atoms with van der Waals surface area (Å²) in [6, 6.07) is 6.89. The van der Waals surface area contributed by atoms with Crippen molar-refractivity contribution in [3.05, 3.63) is 34.9 Å². The molecule has 24 heavy (non-hydrogen) atoms. The Morgan fingerprint density at radius 1 is 1.29 bits per heavy atom. The van der Waals surface area contributed by atoms with E-state index < -0.39 is 5.97 Å². The molecule has 0 spiro atoms. The first-order valence-corrected chi connectivity index (χ1v) is 8.36. The summed E-state index contributed by atoms with van der Waals surface area (Å²) >= 11 is 5.90. The van der Waals surface area contributed by atoms with Crippen LogP contribution in [-0.4, -0.2) is 48.2 Å². The quantitative estimate of drug-likeness (QED) is 0.852. The molecule has 0 bridgehead atoms. The van der Waals surface area contributed by atoms with Gasteiger partial charge in [0.1, 0.15) is 6.10 Å². The van der Waals surface area contributed by atoms with Crippen LogP contribution < -0.4 is 5.32 Å². The summed E-state index contributed by atoms with van der Waals surface area (Å²) in [6.07, 6.45) is 0.687. The number of benzene rings is 1. The van der Waals surface area contributed by atoms with Crippen LogP contribution in [0.5, 0.6) is 0 Å². The molecule has 1 aromatic carbocycles. The molecular formula is C17H23ClN2O4. The van der Waals surface area contributed by atoms with Crippen LogP contribution in [0.2, 0.25) is 5.02 Å². The van der Waals surface area contributed by atoms with E-state index in [-0.39, 0.29) is 24.1 Å². The Morgan fingerprint density at radius 2 is 1.88 bits per heavy atom. The first-order valence-electron chi connectivity index (χ1n) is 7.99. The van der Waals surface area contributed by atoms with Gasteiger partial charge in [-0.1, -0.05) is 23.7 Å². The monoisotopic (exact) mass is 354 g/mol. The highest BCUT2D eigenvalue weighted by molar-refractivity contribution is 6.30. The summed E-state index contributed by atoms with van der Waals surface area (Å²) in [6.45, 7) is 2.78. The fourth-order valence-electron chi connectivity index (χ4n) is 2.97. The van der Waals surface area contributed by atoms with Gasteiger partial charge >= 0.3 is 12.0 Å². The average molecular weight is 355 g/mol. The Bertz CT molecular complexity index is 570.